The summed E-state index contributed by atoms with van der Waals surface area (Å²) >= 11 is 0.925. The summed E-state index contributed by atoms with van der Waals surface area (Å²) in [7, 11) is -3.93. The van der Waals surface area contributed by atoms with Gasteiger partial charge in [-0.05, 0) is 56.0 Å². The SMILES string of the molecule is O=C(O)CSc1cc(NS(=O)(=O)c2ccc(OC3CCCCCC3)cc2)c2ccccc2c1O. The average Bonchev–Trinajstić information content (AvgIpc) is 3.09. The largest absolute Gasteiger partial charge is 0.506 e. The number of phenols is 1. The molecule has 0 aromatic heterocycles. The zero-order valence-electron chi connectivity index (χ0n) is 18.6. The highest BCUT2D eigenvalue weighted by molar-refractivity contribution is 8.00. The van der Waals surface area contributed by atoms with Crippen LogP contribution in [0.2, 0.25) is 0 Å². The van der Waals surface area contributed by atoms with Gasteiger partial charge in [0.15, 0.2) is 0 Å². The third-order valence-corrected chi connectivity index (χ3v) is 8.21. The van der Waals surface area contributed by atoms with Crippen LogP contribution >= 0.6 is 11.8 Å². The third kappa shape index (κ3) is 5.77. The number of nitrogens with one attached hydrogen (secondary N) is 1. The molecule has 3 aromatic rings. The molecule has 1 saturated carbocycles. The number of ether oxygens (including phenoxy) is 1. The van der Waals surface area contributed by atoms with Crippen molar-refractivity contribution in [2.45, 2.75) is 54.4 Å². The first-order valence-electron chi connectivity index (χ1n) is 11.2. The molecule has 0 spiro atoms. The smallest absolute Gasteiger partial charge is 0.313 e. The standard InChI is InChI=1S/C25H27NO6S2/c27-24(28)16-33-23-15-22(20-9-5-6-10-21(20)25(23)29)26-34(30,31)19-13-11-18(12-14-19)32-17-7-3-1-2-4-8-17/h5-6,9-15,17,26,29H,1-4,7-8,16H2,(H,27,28). The van der Waals surface area contributed by atoms with Gasteiger partial charge < -0.3 is 14.9 Å². The van der Waals surface area contributed by atoms with Crippen LogP contribution in [0.25, 0.3) is 10.8 Å². The van der Waals surface area contributed by atoms with Crippen LogP contribution in [-0.2, 0) is 14.8 Å². The van der Waals surface area contributed by atoms with Crippen molar-refractivity contribution in [1.29, 1.82) is 0 Å². The van der Waals surface area contributed by atoms with Crippen molar-refractivity contribution < 1.29 is 28.2 Å². The molecule has 180 valence electrons. The predicted molar refractivity (Wildman–Crippen MR) is 133 cm³/mol. The fourth-order valence-corrected chi connectivity index (χ4v) is 5.92. The number of carboxylic acid groups (broad SMARTS) is 1. The van der Waals surface area contributed by atoms with E-state index in [2.05, 4.69) is 4.72 Å². The van der Waals surface area contributed by atoms with Gasteiger partial charge in [-0.3, -0.25) is 9.52 Å². The van der Waals surface area contributed by atoms with Gasteiger partial charge in [0.2, 0.25) is 0 Å². The highest BCUT2D eigenvalue weighted by Gasteiger charge is 2.20. The van der Waals surface area contributed by atoms with Crippen molar-refractivity contribution in [2.24, 2.45) is 0 Å². The number of rotatable bonds is 8. The maximum atomic E-state index is 13.1. The van der Waals surface area contributed by atoms with Crippen LogP contribution in [-0.4, -0.2) is 36.5 Å². The van der Waals surface area contributed by atoms with Crippen LogP contribution in [0, 0.1) is 0 Å². The molecule has 9 heteroatoms. The number of carboxylic acids is 1. The minimum absolute atomic E-state index is 0.0789. The number of sulfonamides is 1. The lowest BCUT2D eigenvalue weighted by Gasteiger charge is -2.17. The molecular weight excluding hydrogens is 474 g/mol. The van der Waals surface area contributed by atoms with Crippen molar-refractivity contribution >= 4 is 44.2 Å². The molecule has 0 bridgehead atoms. The number of carbonyl (C=O) groups is 1. The van der Waals surface area contributed by atoms with E-state index in [1.807, 2.05) is 0 Å². The van der Waals surface area contributed by atoms with Crippen LogP contribution in [0.5, 0.6) is 11.5 Å². The summed E-state index contributed by atoms with van der Waals surface area (Å²) in [5.41, 5.74) is 0.264. The van der Waals surface area contributed by atoms with Crippen LogP contribution < -0.4 is 9.46 Å². The molecule has 0 unspecified atom stereocenters. The minimum atomic E-state index is -3.93. The fraction of sp³-hybridized carbons (Fsp3) is 0.320. The average molecular weight is 502 g/mol. The van der Waals surface area contributed by atoms with Crippen molar-refractivity contribution in [3.63, 3.8) is 0 Å². The molecule has 0 radical (unpaired) electrons. The number of benzene rings is 3. The van der Waals surface area contributed by atoms with Crippen molar-refractivity contribution in [3.8, 4) is 11.5 Å². The summed E-state index contributed by atoms with van der Waals surface area (Å²) < 4.78 is 34.9. The molecule has 1 aliphatic rings. The Bertz CT molecular complexity index is 1270. The van der Waals surface area contributed by atoms with Gasteiger partial charge in [0, 0.05) is 10.8 Å². The zero-order valence-corrected chi connectivity index (χ0v) is 20.2. The molecule has 0 heterocycles. The zero-order chi connectivity index (χ0) is 24.1. The summed E-state index contributed by atoms with van der Waals surface area (Å²) in [5, 5.41) is 20.5. The lowest BCUT2D eigenvalue weighted by Crippen LogP contribution is -2.16. The summed E-state index contributed by atoms with van der Waals surface area (Å²) in [5.74, 6) is -0.732. The van der Waals surface area contributed by atoms with Gasteiger partial charge in [-0.1, -0.05) is 37.1 Å². The number of hydrogen-bond donors (Lipinski definition) is 3. The molecule has 34 heavy (non-hydrogen) atoms. The van der Waals surface area contributed by atoms with Crippen LogP contribution in [0.3, 0.4) is 0 Å². The Morgan fingerprint density at radius 1 is 1.00 bits per heavy atom. The first-order chi connectivity index (χ1) is 16.3. The molecule has 3 N–H and O–H groups in total. The number of aliphatic carboxylic acids is 1. The van der Waals surface area contributed by atoms with Crippen molar-refractivity contribution in [2.75, 3.05) is 10.5 Å². The molecule has 0 saturated heterocycles. The predicted octanol–water partition coefficient (Wildman–Crippen LogP) is 5.62. The molecule has 3 aromatic carbocycles. The van der Waals surface area contributed by atoms with Gasteiger partial charge >= 0.3 is 5.97 Å². The van der Waals surface area contributed by atoms with E-state index >= 15 is 0 Å². The van der Waals surface area contributed by atoms with E-state index < -0.39 is 16.0 Å². The first kappa shape index (κ1) is 24.2. The number of aromatic hydroxyl groups is 1. The molecule has 7 nitrogen and oxygen atoms in total. The Morgan fingerprint density at radius 3 is 2.29 bits per heavy atom. The van der Waals surface area contributed by atoms with Crippen molar-refractivity contribution in [3.05, 3.63) is 54.6 Å². The first-order valence-corrected chi connectivity index (χ1v) is 13.7. The fourth-order valence-electron chi connectivity index (χ4n) is 4.12. The molecule has 0 atom stereocenters. The van der Waals surface area contributed by atoms with Gasteiger partial charge in [0.25, 0.3) is 10.0 Å². The van der Waals surface area contributed by atoms with Gasteiger partial charge in [-0.25, -0.2) is 8.42 Å². The number of anilines is 1. The Balaban J connectivity index is 1.58. The normalized spacial score (nSPS) is 15.1. The highest BCUT2D eigenvalue weighted by atomic mass is 32.2. The topological polar surface area (TPSA) is 113 Å². The lowest BCUT2D eigenvalue weighted by atomic mass is 10.1. The molecular formula is C25H27NO6S2. The monoisotopic (exact) mass is 501 g/mol. The van der Waals surface area contributed by atoms with Gasteiger partial charge in [-0.15, -0.1) is 11.8 Å². The maximum Gasteiger partial charge on any atom is 0.313 e. The Hall–Kier alpha value is -2.91. The van der Waals surface area contributed by atoms with E-state index in [-0.39, 0.29) is 33.1 Å². The van der Waals surface area contributed by atoms with E-state index in [1.165, 1.54) is 31.0 Å². The van der Waals surface area contributed by atoms with E-state index in [0.717, 1.165) is 37.4 Å². The second-order valence-corrected chi connectivity index (χ2v) is 11.0. The minimum Gasteiger partial charge on any atom is -0.506 e. The van der Waals surface area contributed by atoms with E-state index in [0.29, 0.717) is 16.5 Å². The Morgan fingerprint density at radius 2 is 1.65 bits per heavy atom. The van der Waals surface area contributed by atoms with Gasteiger partial charge in [0.05, 0.1) is 27.3 Å². The third-order valence-electron chi connectivity index (χ3n) is 5.82. The van der Waals surface area contributed by atoms with E-state index in [4.69, 9.17) is 9.84 Å². The van der Waals surface area contributed by atoms with Crippen LogP contribution in [0.15, 0.2) is 64.4 Å². The van der Waals surface area contributed by atoms with Crippen LogP contribution in [0.4, 0.5) is 5.69 Å². The van der Waals surface area contributed by atoms with Gasteiger partial charge in [-0.2, -0.15) is 0 Å². The summed E-state index contributed by atoms with van der Waals surface area (Å²) in [6.45, 7) is 0. The van der Waals surface area contributed by atoms with E-state index in [1.54, 1.807) is 36.4 Å². The number of thioether (sulfide) groups is 1. The second-order valence-electron chi connectivity index (χ2n) is 8.31. The molecule has 0 amide bonds. The quantitative estimate of drug-likeness (QED) is 0.208. The molecule has 1 fully saturated rings. The highest BCUT2D eigenvalue weighted by Crippen LogP contribution is 2.40. The van der Waals surface area contributed by atoms with Gasteiger partial charge in [0.1, 0.15) is 11.5 Å². The molecule has 0 aliphatic heterocycles. The molecule has 1 aliphatic carbocycles. The van der Waals surface area contributed by atoms with Crippen molar-refractivity contribution in [1.82, 2.24) is 0 Å². The number of fused-ring (bicyclic) bond motifs is 1. The maximum absolute atomic E-state index is 13.1. The lowest BCUT2D eigenvalue weighted by molar-refractivity contribution is -0.133. The number of hydrogen-bond acceptors (Lipinski definition) is 6. The Labute approximate surface area is 203 Å². The number of phenolic OH excluding ortho intramolecular Hbond substituents is 1. The van der Waals surface area contributed by atoms with Crippen LogP contribution in [0.1, 0.15) is 38.5 Å². The second kappa shape index (κ2) is 10.6. The molecule has 4 rings (SSSR count). The summed E-state index contributed by atoms with van der Waals surface area (Å²) in [4.78, 5) is 11.4. The summed E-state index contributed by atoms with van der Waals surface area (Å²) in [6.07, 6.45) is 6.93. The van der Waals surface area contributed by atoms with E-state index in [9.17, 15) is 18.3 Å². The summed E-state index contributed by atoms with van der Waals surface area (Å²) in [6, 6.07) is 14.6. The Kier molecular flexibility index (Phi) is 7.53.